The number of rotatable bonds is 2. The summed E-state index contributed by atoms with van der Waals surface area (Å²) in [7, 11) is 0. The van der Waals surface area contributed by atoms with E-state index < -0.39 is 5.60 Å². The Bertz CT molecular complexity index is 634. The van der Waals surface area contributed by atoms with Crippen molar-refractivity contribution in [1.29, 1.82) is 0 Å². The van der Waals surface area contributed by atoms with Crippen molar-refractivity contribution in [2.45, 2.75) is 25.9 Å². The zero-order valence-corrected chi connectivity index (χ0v) is 11.4. The molecule has 2 aromatic heterocycles. The Morgan fingerprint density at radius 1 is 1.55 bits per heavy atom. The minimum atomic E-state index is -1.13. The van der Waals surface area contributed by atoms with Crippen LogP contribution in [0, 0.1) is 13.8 Å². The first-order valence-electron chi connectivity index (χ1n) is 6.44. The quantitative estimate of drug-likeness (QED) is 0.843. The highest BCUT2D eigenvalue weighted by molar-refractivity contribution is 5.95. The van der Waals surface area contributed by atoms with Gasteiger partial charge in [-0.25, -0.2) is 0 Å². The zero-order valence-electron chi connectivity index (χ0n) is 11.4. The summed E-state index contributed by atoms with van der Waals surface area (Å²) in [4.78, 5) is 14.1. The summed E-state index contributed by atoms with van der Waals surface area (Å²) < 4.78 is 5.38. The molecular weight excluding hydrogens is 260 g/mol. The number of hydrogen-bond acceptors (Lipinski definition) is 5. The van der Waals surface area contributed by atoms with E-state index in [1.807, 2.05) is 0 Å². The van der Waals surface area contributed by atoms with E-state index in [4.69, 9.17) is 4.42 Å². The molecule has 3 rings (SSSR count). The smallest absolute Gasteiger partial charge is 0.257 e. The largest absolute Gasteiger partial charge is 0.466 e. The Hall–Kier alpha value is -2.15. The summed E-state index contributed by atoms with van der Waals surface area (Å²) in [5, 5.41) is 20.7. The molecule has 0 radical (unpaired) electrons. The number of β-amino-alcohol motifs (C(OH)–C–C–N with tert-alkyl or cyclic N) is 1. The van der Waals surface area contributed by atoms with Crippen LogP contribution < -0.4 is 0 Å². The van der Waals surface area contributed by atoms with Crippen molar-refractivity contribution in [1.82, 2.24) is 20.3 Å². The van der Waals surface area contributed by atoms with E-state index in [0.29, 0.717) is 35.7 Å². The summed E-state index contributed by atoms with van der Waals surface area (Å²) in [5.41, 5.74) is -0.116. The molecule has 1 aliphatic heterocycles. The fourth-order valence-electron chi connectivity index (χ4n) is 2.62. The Labute approximate surface area is 115 Å². The van der Waals surface area contributed by atoms with E-state index in [2.05, 4.69) is 15.4 Å². The van der Waals surface area contributed by atoms with E-state index in [1.165, 1.54) is 6.20 Å². The number of nitrogens with zero attached hydrogens (tertiary/aromatic N) is 3. The Morgan fingerprint density at radius 3 is 2.95 bits per heavy atom. The number of H-pyrrole nitrogens is 1. The van der Waals surface area contributed by atoms with Gasteiger partial charge in [-0.1, -0.05) is 0 Å². The lowest BCUT2D eigenvalue weighted by Gasteiger charge is -2.20. The van der Waals surface area contributed by atoms with Crippen LogP contribution >= 0.6 is 0 Å². The third-order valence-electron chi connectivity index (χ3n) is 3.70. The van der Waals surface area contributed by atoms with E-state index in [0.717, 1.165) is 0 Å². The first-order chi connectivity index (χ1) is 9.49. The van der Waals surface area contributed by atoms with E-state index in [-0.39, 0.29) is 12.5 Å². The predicted molar refractivity (Wildman–Crippen MR) is 69.0 cm³/mol. The number of aromatic nitrogens is 3. The third-order valence-corrected chi connectivity index (χ3v) is 3.70. The summed E-state index contributed by atoms with van der Waals surface area (Å²) in [5.74, 6) is 1.18. The molecule has 0 aromatic carbocycles. The molecule has 1 unspecified atom stereocenters. The average molecular weight is 276 g/mol. The van der Waals surface area contributed by atoms with Gasteiger partial charge in [-0.3, -0.25) is 4.79 Å². The van der Waals surface area contributed by atoms with Gasteiger partial charge in [0.05, 0.1) is 18.3 Å². The number of carbonyl (C=O) groups excluding carboxylic acids is 1. The van der Waals surface area contributed by atoms with E-state index in [1.54, 1.807) is 24.8 Å². The molecule has 1 atom stereocenters. The molecule has 7 nitrogen and oxygen atoms in total. The van der Waals surface area contributed by atoms with Crippen LogP contribution in [-0.2, 0) is 5.60 Å². The average Bonchev–Trinajstić information content (AvgIpc) is 3.09. The van der Waals surface area contributed by atoms with Gasteiger partial charge in [0, 0.05) is 13.0 Å². The van der Waals surface area contributed by atoms with Crippen molar-refractivity contribution in [2.24, 2.45) is 0 Å². The van der Waals surface area contributed by atoms with Crippen molar-refractivity contribution < 1.29 is 14.3 Å². The number of aryl methyl sites for hydroxylation is 2. The number of amides is 1. The third kappa shape index (κ3) is 2.00. The maximum atomic E-state index is 12.4. The predicted octanol–water partition coefficient (Wildman–Crippen LogP) is 0.748. The van der Waals surface area contributed by atoms with Crippen LogP contribution in [0.5, 0.6) is 0 Å². The van der Waals surface area contributed by atoms with Crippen LogP contribution in [0.25, 0.3) is 0 Å². The number of aliphatic hydroxyl groups is 1. The normalized spacial score (nSPS) is 22.4. The lowest BCUT2D eigenvalue weighted by Crippen LogP contribution is -2.34. The minimum absolute atomic E-state index is 0.126. The van der Waals surface area contributed by atoms with Crippen LogP contribution in [0.4, 0.5) is 0 Å². The molecule has 2 aromatic rings. The highest BCUT2D eigenvalue weighted by Crippen LogP contribution is 2.31. The molecule has 0 spiro atoms. The van der Waals surface area contributed by atoms with Crippen LogP contribution in [0.2, 0.25) is 0 Å². The molecule has 2 N–H and O–H groups in total. The van der Waals surface area contributed by atoms with Crippen LogP contribution in [0.1, 0.15) is 34.0 Å². The van der Waals surface area contributed by atoms with Gasteiger partial charge in [0.15, 0.2) is 0 Å². The maximum Gasteiger partial charge on any atom is 0.257 e. The molecule has 0 aliphatic carbocycles. The SMILES string of the molecule is Cc1cc(C(=O)N2CCC(O)(c3cn[nH]n3)C2)c(C)o1. The van der Waals surface area contributed by atoms with Crippen LogP contribution in [-0.4, -0.2) is 44.4 Å². The molecule has 1 fully saturated rings. The Morgan fingerprint density at radius 2 is 2.35 bits per heavy atom. The standard InChI is InChI=1S/C13H16N4O3/c1-8-5-10(9(2)20-8)12(18)17-4-3-13(19,7-17)11-6-14-16-15-11/h5-6,19H,3-4,7H2,1-2H3,(H,14,15,16). The lowest BCUT2D eigenvalue weighted by molar-refractivity contribution is 0.0381. The molecule has 3 heterocycles. The molecule has 106 valence electrons. The second kappa shape index (κ2) is 4.45. The maximum absolute atomic E-state index is 12.4. The number of furan rings is 1. The monoisotopic (exact) mass is 276 g/mol. The summed E-state index contributed by atoms with van der Waals surface area (Å²) in [6, 6.07) is 1.73. The number of likely N-dealkylation sites (tertiary alicyclic amines) is 1. The molecule has 0 bridgehead atoms. The van der Waals surface area contributed by atoms with Gasteiger partial charge in [0.1, 0.15) is 22.8 Å². The summed E-state index contributed by atoms with van der Waals surface area (Å²) >= 11 is 0. The lowest BCUT2D eigenvalue weighted by atomic mass is 10.00. The van der Waals surface area contributed by atoms with Crippen molar-refractivity contribution in [2.75, 3.05) is 13.1 Å². The number of carbonyl (C=O) groups is 1. The number of nitrogens with one attached hydrogen (secondary N) is 1. The second-order valence-electron chi connectivity index (χ2n) is 5.19. The second-order valence-corrected chi connectivity index (χ2v) is 5.19. The van der Waals surface area contributed by atoms with E-state index in [9.17, 15) is 9.90 Å². The number of hydrogen-bond donors (Lipinski definition) is 2. The Kier molecular flexibility index (Phi) is 2.86. The van der Waals surface area contributed by atoms with Crippen molar-refractivity contribution in [3.8, 4) is 0 Å². The fourth-order valence-corrected chi connectivity index (χ4v) is 2.62. The first-order valence-corrected chi connectivity index (χ1v) is 6.44. The van der Waals surface area contributed by atoms with Gasteiger partial charge >= 0.3 is 0 Å². The zero-order chi connectivity index (χ0) is 14.3. The molecule has 20 heavy (non-hydrogen) atoms. The van der Waals surface area contributed by atoms with Gasteiger partial charge in [-0.15, -0.1) is 0 Å². The van der Waals surface area contributed by atoms with Crippen molar-refractivity contribution >= 4 is 5.91 Å². The van der Waals surface area contributed by atoms with E-state index >= 15 is 0 Å². The van der Waals surface area contributed by atoms with Gasteiger partial charge in [-0.2, -0.15) is 15.4 Å². The minimum Gasteiger partial charge on any atom is -0.466 e. The number of aromatic amines is 1. The summed E-state index contributed by atoms with van der Waals surface area (Å²) in [6.07, 6.45) is 1.93. The molecule has 0 saturated carbocycles. The molecule has 1 saturated heterocycles. The van der Waals surface area contributed by atoms with Crippen LogP contribution in [0.15, 0.2) is 16.7 Å². The van der Waals surface area contributed by atoms with Gasteiger partial charge in [-0.05, 0) is 19.9 Å². The van der Waals surface area contributed by atoms with Gasteiger partial charge in [0.25, 0.3) is 5.91 Å². The highest BCUT2D eigenvalue weighted by Gasteiger charge is 2.42. The molecular formula is C13H16N4O3. The highest BCUT2D eigenvalue weighted by atomic mass is 16.3. The van der Waals surface area contributed by atoms with Gasteiger partial charge < -0.3 is 14.4 Å². The summed E-state index contributed by atoms with van der Waals surface area (Å²) in [6.45, 7) is 4.26. The fraction of sp³-hybridized carbons (Fsp3) is 0.462. The van der Waals surface area contributed by atoms with Crippen LogP contribution in [0.3, 0.4) is 0 Å². The molecule has 1 amide bonds. The molecule has 1 aliphatic rings. The van der Waals surface area contributed by atoms with Crippen molar-refractivity contribution in [3.63, 3.8) is 0 Å². The Balaban J connectivity index is 1.81. The first kappa shape index (κ1) is 12.9. The topological polar surface area (TPSA) is 95.2 Å². The van der Waals surface area contributed by atoms with Crippen molar-refractivity contribution in [3.05, 3.63) is 35.0 Å². The van der Waals surface area contributed by atoms with Gasteiger partial charge in [0.2, 0.25) is 0 Å². The molecule has 7 heteroatoms.